The molecule has 0 aliphatic heterocycles. The molecule has 2 fully saturated rings. The average Bonchev–Trinajstić information content (AvgIpc) is 2.70. The SMILES string of the molecule is CC1(C)CCC(C(N)CC2CCCC2)CC1. The van der Waals surface area contributed by atoms with Gasteiger partial charge in [0, 0.05) is 6.04 Å². The lowest BCUT2D eigenvalue weighted by Gasteiger charge is -2.37. The lowest BCUT2D eigenvalue weighted by molar-refractivity contribution is 0.164. The number of hydrogen-bond donors (Lipinski definition) is 1. The average molecular weight is 223 g/mol. The van der Waals surface area contributed by atoms with E-state index in [9.17, 15) is 0 Å². The van der Waals surface area contributed by atoms with Crippen molar-refractivity contribution in [3.8, 4) is 0 Å². The molecule has 1 heteroatoms. The third-order valence-electron chi connectivity index (χ3n) is 5.07. The van der Waals surface area contributed by atoms with E-state index in [1.165, 1.54) is 57.8 Å². The van der Waals surface area contributed by atoms with E-state index in [-0.39, 0.29) is 0 Å². The van der Waals surface area contributed by atoms with Crippen LogP contribution >= 0.6 is 0 Å². The molecule has 0 aromatic carbocycles. The normalized spacial score (nSPS) is 29.4. The Morgan fingerprint density at radius 2 is 1.62 bits per heavy atom. The highest BCUT2D eigenvalue weighted by atomic mass is 14.7. The third kappa shape index (κ3) is 3.23. The molecule has 0 radical (unpaired) electrons. The van der Waals surface area contributed by atoms with Crippen LogP contribution in [0.4, 0.5) is 0 Å². The van der Waals surface area contributed by atoms with Gasteiger partial charge in [-0.3, -0.25) is 0 Å². The number of hydrogen-bond acceptors (Lipinski definition) is 1. The molecule has 16 heavy (non-hydrogen) atoms. The summed E-state index contributed by atoms with van der Waals surface area (Å²) in [6.45, 7) is 4.82. The lowest BCUT2D eigenvalue weighted by atomic mass is 9.70. The largest absolute Gasteiger partial charge is 0.327 e. The minimum atomic E-state index is 0.499. The van der Waals surface area contributed by atoms with Crippen LogP contribution in [0.2, 0.25) is 0 Å². The van der Waals surface area contributed by atoms with Crippen LogP contribution in [0.1, 0.15) is 71.6 Å². The van der Waals surface area contributed by atoms with Crippen LogP contribution in [0, 0.1) is 17.3 Å². The first kappa shape index (κ1) is 12.4. The van der Waals surface area contributed by atoms with Crippen LogP contribution in [-0.4, -0.2) is 6.04 Å². The van der Waals surface area contributed by atoms with Crippen molar-refractivity contribution in [3.05, 3.63) is 0 Å². The quantitative estimate of drug-likeness (QED) is 0.765. The highest BCUT2D eigenvalue weighted by molar-refractivity contribution is 4.85. The molecule has 2 N–H and O–H groups in total. The van der Waals surface area contributed by atoms with E-state index < -0.39 is 0 Å². The summed E-state index contributed by atoms with van der Waals surface area (Å²) in [5.74, 6) is 1.79. The van der Waals surface area contributed by atoms with E-state index in [0.29, 0.717) is 11.5 Å². The molecule has 1 unspecified atom stereocenters. The van der Waals surface area contributed by atoms with Gasteiger partial charge in [-0.1, -0.05) is 39.5 Å². The zero-order valence-corrected chi connectivity index (χ0v) is 11.2. The molecular weight excluding hydrogens is 194 g/mol. The van der Waals surface area contributed by atoms with E-state index in [2.05, 4.69) is 13.8 Å². The molecule has 2 rings (SSSR count). The van der Waals surface area contributed by atoms with Crippen LogP contribution in [0.15, 0.2) is 0 Å². The van der Waals surface area contributed by atoms with Gasteiger partial charge in [0.05, 0.1) is 0 Å². The monoisotopic (exact) mass is 223 g/mol. The van der Waals surface area contributed by atoms with Gasteiger partial charge in [0.25, 0.3) is 0 Å². The first-order valence-electron chi connectivity index (χ1n) is 7.32. The molecule has 2 saturated carbocycles. The van der Waals surface area contributed by atoms with Crippen molar-refractivity contribution in [2.75, 3.05) is 0 Å². The zero-order chi connectivity index (χ0) is 11.6. The molecule has 0 bridgehead atoms. The van der Waals surface area contributed by atoms with Crippen molar-refractivity contribution in [2.24, 2.45) is 23.0 Å². The van der Waals surface area contributed by atoms with Gasteiger partial charge < -0.3 is 5.73 Å². The number of nitrogens with two attached hydrogens (primary N) is 1. The van der Waals surface area contributed by atoms with Crippen LogP contribution in [0.3, 0.4) is 0 Å². The second kappa shape index (κ2) is 5.08. The highest BCUT2D eigenvalue weighted by Gasteiger charge is 2.31. The Balaban J connectivity index is 1.75. The molecule has 0 amide bonds. The minimum absolute atomic E-state index is 0.499. The van der Waals surface area contributed by atoms with E-state index in [1.807, 2.05) is 0 Å². The maximum Gasteiger partial charge on any atom is 0.00698 e. The second-order valence-corrected chi connectivity index (χ2v) is 7.05. The van der Waals surface area contributed by atoms with Crippen molar-refractivity contribution in [2.45, 2.75) is 77.7 Å². The Hall–Kier alpha value is -0.0400. The van der Waals surface area contributed by atoms with Crippen LogP contribution < -0.4 is 5.73 Å². The van der Waals surface area contributed by atoms with Crippen molar-refractivity contribution in [3.63, 3.8) is 0 Å². The van der Waals surface area contributed by atoms with Gasteiger partial charge in [-0.05, 0) is 49.4 Å². The zero-order valence-electron chi connectivity index (χ0n) is 11.2. The van der Waals surface area contributed by atoms with Crippen molar-refractivity contribution < 1.29 is 0 Å². The summed E-state index contributed by atoms with van der Waals surface area (Å²) in [6.07, 6.45) is 12.6. The van der Waals surface area contributed by atoms with Gasteiger partial charge in [-0.15, -0.1) is 0 Å². The smallest absolute Gasteiger partial charge is 0.00698 e. The molecule has 2 aliphatic rings. The molecule has 0 spiro atoms. The predicted octanol–water partition coefficient (Wildman–Crippen LogP) is 4.11. The van der Waals surface area contributed by atoms with Crippen molar-refractivity contribution in [1.29, 1.82) is 0 Å². The summed E-state index contributed by atoms with van der Waals surface area (Å²) in [4.78, 5) is 0. The summed E-state index contributed by atoms with van der Waals surface area (Å²) in [5, 5.41) is 0. The van der Waals surface area contributed by atoms with E-state index in [0.717, 1.165) is 11.8 Å². The van der Waals surface area contributed by atoms with E-state index in [4.69, 9.17) is 5.73 Å². The van der Waals surface area contributed by atoms with Gasteiger partial charge in [0.2, 0.25) is 0 Å². The molecule has 1 atom stereocenters. The summed E-state index contributed by atoms with van der Waals surface area (Å²) >= 11 is 0. The van der Waals surface area contributed by atoms with Gasteiger partial charge in [0.15, 0.2) is 0 Å². The van der Waals surface area contributed by atoms with Gasteiger partial charge in [0.1, 0.15) is 0 Å². The summed E-state index contributed by atoms with van der Waals surface area (Å²) in [6, 6.07) is 0.499. The van der Waals surface area contributed by atoms with E-state index in [1.54, 1.807) is 0 Å². The Bertz CT molecular complexity index is 205. The van der Waals surface area contributed by atoms with E-state index >= 15 is 0 Å². The molecular formula is C15H29N. The lowest BCUT2D eigenvalue weighted by Crippen LogP contribution is -2.36. The fourth-order valence-corrected chi connectivity index (χ4v) is 3.67. The Kier molecular flexibility index (Phi) is 3.94. The third-order valence-corrected chi connectivity index (χ3v) is 5.07. The fourth-order valence-electron chi connectivity index (χ4n) is 3.67. The molecule has 0 aromatic heterocycles. The molecule has 0 saturated heterocycles. The molecule has 1 nitrogen and oxygen atoms in total. The van der Waals surface area contributed by atoms with Crippen molar-refractivity contribution in [1.82, 2.24) is 0 Å². The summed E-state index contributed by atoms with van der Waals surface area (Å²) < 4.78 is 0. The molecule has 0 aromatic rings. The maximum atomic E-state index is 6.42. The first-order chi connectivity index (χ1) is 7.57. The first-order valence-corrected chi connectivity index (χ1v) is 7.32. The molecule has 94 valence electrons. The summed E-state index contributed by atoms with van der Waals surface area (Å²) in [5.41, 5.74) is 7.00. The topological polar surface area (TPSA) is 26.0 Å². The van der Waals surface area contributed by atoms with Gasteiger partial charge >= 0.3 is 0 Å². The van der Waals surface area contributed by atoms with Gasteiger partial charge in [-0.25, -0.2) is 0 Å². The Labute approximate surface area is 101 Å². The minimum Gasteiger partial charge on any atom is -0.327 e. The Morgan fingerprint density at radius 3 is 2.19 bits per heavy atom. The molecule has 0 heterocycles. The summed E-state index contributed by atoms with van der Waals surface area (Å²) in [7, 11) is 0. The standard InChI is InChI=1S/C15H29N/c1-15(2)9-7-13(8-10-15)14(16)11-12-5-3-4-6-12/h12-14H,3-11,16H2,1-2H3. The molecule has 2 aliphatic carbocycles. The van der Waals surface area contributed by atoms with Crippen LogP contribution in [-0.2, 0) is 0 Å². The number of rotatable bonds is 3. The maximum absolute atomic E-state index is 6.42. The van der Waals surface area contributed by atoms with Crippen LogP contribution in [0.25, 0.3) is 0 Å². The van der Waals surface area contributed by atoms with Crippen LogP contribution in [0.5, 0.6) is 0 Å². The second-order valence-electron chi connectivity index (χ2n) is 7.05. The predicted molar refractivity (Wildman–Crippen MR) is 70.3 cm³/mol. The highest BCUT2D eigenvalue weighted by Crippen LogP contribution is 2.40. The Morgan fingerprint density at radius 1 is 1.06 bits per heavy atom. The van der Waals surface area contributed by atoms with Crippen molar-refractivity contribution >= 4 is 0 Å². The fraction of sp³-hybridized carbons (Fsp3) is 1.00. The van der Waals surface area contributed by atoms with Gasteiger partial charge in [-0.2, -0.15) is 0 Å².